The van der Waals surface area contributed by atoms with E-state index in [0.717, 1.165) is 12.4 Å². The second kappa shape index (κ2) is 6.10. The van der Waals surface area contributed by atoms with Crippen LogP contribution in [0.2, 0.25) is 0 Å². The minimum atomic E-state index is -0.335. The highest BCUT2D eigenvalue weighted by molar-refractivity contribution is 5.54. The van der Waals surface area contributed by atoms with E-state index < -0.39 is 0 Å². The van der Waals surface area contributed by atoms with E-state index in [1.54, 1.807) is 13.0 Å². The maximum absolute atomic E-state index is 9.31. The van der Waals surface area contributed by atoms with Crippen molar-refractivity contribution < 1.29 is 9.84 Å². The molecular weight excluding hydrogens is 242 g/mol. The molecule has 1 atom stereocenters. The molecule has 1 heterocycles. The van der Waals surface area contributed by atoms with Crippen LogP contribution in [0, 0.1) is 0 Å². The smallest absolute Gasteiger partial charge is 0.239 e. The minimum absolute atomic E-state index is 0.318. The van der Waals surface area contributed by atoms with Crippen LogP contribution in [0.1, 0.15) is 34.1 Å². The van der Waals surface area contributed by atoms with Crippen molar-refractivity contribution in [2.45, 2.75) is 45.8 Å². The van der Waals surface area contributed by atoms with Crippen molar-refractivity contribution >= 4 is 11.5 Å². The van der Waals surface area contributed by atoms with E-state index in [1.807, 2.05) is 38.8 Å². The van der Waals surface area contributed by atoms with Gasteiger partial charge < -0.3 is 20.5 Å². The topological polar surface area (TPSA) is 71.6 Å². The molecule has 19 heavy (non-hydrogen) atoms. The van der Waals surface area contributed by atoms with Gasteiger partial charge in [-0.25, -0.2) is 0 Å². The second-order valence-electron chi connectivity index (χ2n) is 5.84. The number of rotatable bonds is 5. The Balaban J connectivity index is 2.83. The number of nitrogens with zero attached hydrogens (tertiary/aromatic N) is 2. The number of nitrogens with two attached hydrogens (primary N) is 1. The van der Waals surface area contributed by atoms with Crippen molar-refractivity contribution in [1.82, 2.24) is 4.98 Å². The van der Waals surface area contributed by atoms with Crippen LogP contribution in [0.25, 0.3) is 0 Å². The Kier molecular flexibility index (Phi) is 5.00. The third-order valence-electron chi connectivity index (χ3n) is 2.55. The summed E-state index contributed by atoms with van der Waals surface area (Å²) in [5.74, 6) is 1.24. The Bertz CT molecular complexity index is 414. The minimum Gasteiger partial charge on any atom is -0.470 e. The average Bonchev–Trinajstić information content (AvgIpc) is 2.27. The third-order valence-corrected chi connectivity index (χ3v) is 2.55. The Hall–Kier alpha value is -1.49. The molecule has 0 saturated carbocycles. The van der Waals surface area contributed by atoms with Gasteiger partial charge in [0.25, 0.3) is 0 Å². The van der Waals surface area contributed by atoms with Crippen LogP contribution in [-0.2, 0) is 0 Å². The molecule has 0 spiro atoms. The maximum Gasteiger partial charge on any atom is 0.239 e. The molecule has 0 saturated heterocycles. The number of ether oxygens (including phenoxy) is 1. The zero-order chi connectivity index (χ0) is 14.6. The van der Waals surface area contributed by atoms with Gasteiger partial charge in [0.15, 0.2) is 0 Å². The molecule has 0 aliphatic carbocycles. The second-order valence-corrected chi connectivity index (χ2v) is 5.84. The molecule has 0 bridgehead atoms. The van der Waals surface area contributed by atoms with Crippen molar-refractivity contribution in [2.24, 2.45) is 0 Å². The molecule has 1 aromatic heterocycles. The molecule has 0 radical (unpaired) electrons. The standard InChI is InChI=1S/C14H25N3O2/c1-10(18)8-9-17(5)12-7-6-11(15)13(16-12)19-14(2,3)4/h6-7,10,18H,8-9,15H2,1-5H3. The van der Waals surface area contributed by atoms with Gasteiger partial charge in [0, 0.05) is 13.6 Å². The quantitative estimate of drug-likeness (QED) is 0.854. The molecule has 0 aliphatic rings. The lowest BCUT2D eigenvalue weighted by Crippen LogP contribution is -2.26. The molecule has 1 rings (SSSR count). The summed E-state index contributed by atoms with van der Waals surface area (Å²) in [6.07, 6.45) is 0.374. The summed E-state index contributed by atoms with van der Waals surface area (Å²) in [4.78, 5) is 6.41. The van der Waals surface area contributed by atoms with Gasteiger partial charge in [-0.3, -0.25) is 0 Å². The summed E-state index contributed by atoms with van der Waals surface area (Å²) >= 11 is 0. The normalized spacial score (nSPS) is 13.2. The lowest BCUT2D eigenvalue weighted by Gasteiger charge is -2.24. The van der Waals surface area contributed by atoms with Gasteiger partial charge >= 0.3 is 0 Å². The zero-order valence-electron chi connectivity index (χ0n) is 12.5. The van der Waals surface area contributed by atoms with Crippen molar-refractivity contribution in [2.75, 3.05) is 24.2 Å². The predicted octanol–water partition coefficient (Wildman–Crippen LogP) is 2.05. The highest BCUT2D eigenvalue weighted by Crippen LogP contribution is 2.26. The highest BCUT2D eigenvalue weighted by atomic mass is 16.5. The first kappa shape index (κ1) is 15.6. The number of hydrogen-bond donors (Lipinski definition) is 2. The number of aliphatic hydroxyl groups excluding tert-OH is 1. The fraction of sp³-hybridized carbons (Fsp3) is 0.643. The van der Waals surface area contributed by atoms with Crippen LogP contribution in [0.4, 0.5) is 11.5 Å². The molecule has 1 unspecified atom stereocenters. The average molecular weight is 267 g/mol. The molecule has 3 N–H and O–H groups in total. The number of aliphatic hydroxyl groups is 1. The van der Waals surface area contributed by atoms with Gasteiger partial charge in [0.05, 0.1) is 11.8 Å². The number of anilines is 2. The van der Waals surface area contributed by atoms with Crippen LogP contribution in [0.15, 0.2) is 12.1 Å². The Morgan fingerprint density at radius 3 is 2.58 bits per heavy atom. The number of hydrogen-bond acceptors (Lipinski definition) is 5. The molecule has 5 nitrogen and oxygen atoms in total. The summed E-state index contributed by atoms with van der Waals surface area (Å²) in [7, 11) is 1.93. The summed E-state index contributed by atoms with van der Waals surface area (Å²) in [5, 5.41) is 9.31. The fourth-order valence-corrected chi connectivity index (χ4v) is 1.52. The zero-order valence-corrected chi connectivity index (χ0v) is 12.5. The Morgan fingerprint density at radius 1 is 1.42 bits per heavy atom. The van der Waals surface area contributed by atoms with Crippen molar-refractivity contribution in [3.8, 4) is 5.88 Å². The van der Waals surface area contributed by atoms with E-state index in [0.29, 0.717) is 18.0 Å². The van der Waals surface area contributed by atoms with E-state index in [1.165, 1.54) is 0 Å². The van der Waals surface area contributed by atoms with Crippen LogP contribution >= 0.6 is 0 Å². The first-order valence-electron chi connectivity index (χ1n) is 6.54. The predicted molar refractivity (Wildman–Crippen MR) is 78.6 cm³/mol. The van der Waals surface area contributed by atoms with Gasteiger partial charge in [-0.1, -0.05) is 0 Å². The molecule has 1 aromatic rings. The van der Waals surface area contributed by atoms with Crippen molar-refractivity contribution in [1.29, 1.82) is 0 Å². The van der Waals surface area contributed by atoms with Gasteiger partial charge in [-0.05, 0) is 46.2 Å². The first-order chi connectivity index (χ1) is 8.69. The van der Waals surface area contributed by atoms with Crippen LogP contribution in [-0.4, -0.2) is 35.4 Å². The lowest BCUT2D eigenvalue weighted by molar-refractivity contribution is 0.125. The Morgan fingerprint density at radius 2 is 2.05 bits per heavy atom. The van der Waals surface area contributed by atoms with Crippen LogP contribution in [0.5, 0.6) is 5.88 Å². The monoisotopic (exact) mass is 267 g/mol. The summed E-state index contributed by atoms with van der Waals surface area (Å²) in [5.41, 5.74) is 6.07. The van der Waals surface area contributed by atoms with E-state index in [9.17, 15) is 5.11 Å². The largest absolute Gasteiger partial charge is 0.470 e. The van der Waals surface area contributed by atoms with E-state index in [-0.39, 0.29) is 11.7 Å². The fourth-order valence-electron chi connectivity index (χ4n) is 1.52. The molecule has 0 fully saturated rings. The molecule has 5 heteroatoms. The van der Waals surface area contributed by atoms with Gasteiger partial charge in [0.2, 0.25) is 5.88 Å². The number of nitrogen functional groups attached to an aromatic ring is 1. The molecular formula is C14H25N3O2. The van der Waals surface area contributed by atoms with Gasteiger partial charge in [-0.15, -0.1) is 0 Å². The third kappa shape index (κ3) is 5.34. The van der Waals surface area contributed by atoms with Crippen LogP contribution in [0.3, 0.4) is 0 Å². The van der Waals surface area contributed by atoms with Crippen molar-refractivity contribution in [3.05, 3.63) is 12.1 Å². The summed E-state index contributed by atoms with van der Waals surface area (Å²) in [6, 6.07) is 3.65. The number of pyridine rings is 1. The Labute approximate surface area is 115 Å². The van der Waals surface area contributed by atoms with Gasteiger partial charge in [0.1, 0.15) is 11.4 Å². The molecule has 108 valence electrons. The first-order valence-corrected chi connectivity index (χ1v) is 6.54. The maximum atomic E-state index is 9.31. The SMILES string of the molecule is CC(O)CCN(C)c1ccc(N)c(OC(C)(C)C)n1. The molecule has 0 aliphatic heterocycles. The highest BCUT2D eigenvalue weighted by Gasteiger charge is 2.16. The van der Waals surface area contributed by atoms with E-state index >= 15 is 0 Å². The summed E-state index contributed by atoms with van der Waals surface area (Å²) < 4.78 is 5.74. The lowest BCUT2D eigenvalue weighted by atomic mass is 10.2. The van der Waals surface area contributed by atoms with E-state index in [4.69, 9.17) is 10.5 Å². The van der Waals surface area contributed by atoms with Crippen LogP contribution < -0.4 is 15.4 Å². The van der Waals surface area contributed by atoms with Crippen molar-refractivity contribution in [3.63, 3.8) is 0 Å². The number of aromatic nitrogens is 1. The van der Waals surface area contributed by atoms with E-state index in [2.05, 4.69) is 4.98 Å². The summed E-state index contributed by atoms with van der Waals surface area (Å²) in [6.45, 7) is 8.37. The van der Waals surface area contributed by atoms with Gasteiger partial charge in [-0.2, -0.15) is 4.98 Å². The molecule has 0 aromatic carbocycles. The molecule has 0 amide bonds.